The molecule has 0 radical (unpaired) electrons. The number of hydrogen-bond donors (Lipinski definition) is 2. The summed E-state index contributed by atoms with van der Waals surface area (Å²) in [5, 5.41) is 24.1. The SMILES string of the molecule is CCC(=O)O[C@@]1(C(=O)CC(=O)[C@@]2(OC(C)=O)[C@H](C)C[C@H]3C4C[C@H](F)C5=CC(=O)C=C[C@]5(C)[C@@]4(F)[C@@H](O)C[C@@]32C)[C@@H](C)C[C@@H]2C3C[C@@H](F)C4=CC(=O)C=C[C@@]4(C)[C@]3(F)[C@H](O)C[C@]21C. The van der Waals surface area contributed by atoms with E-state index < -0.39 is 171 Å². The molecule has 0 aromatic carbocycles. The largest absolute Gasteiger partial charge is 0.450 e. The minimum atomic E-state index is -2.50. The summed E-state index contributed by atoms with van der Waals surface area (Å²) in [6.45, 7) is 11.9. The molecule has 0 aromatic heterocycles. The van der Waals surface area contributed by atoms with Crippen molar-refractivity contribution < 1.29 is 66.0 Å². The maximum Gasteiger partial charge on any atom is 0.306 e. The Labute approximate surface area is 359 Å². The number of aliphatic hydroxyl groups is 2. The van der Waals surface area contributed by atoms with Gasteiger partial charge in [0.15, 0.2) is 45.7 Å². The second-order valence-corrected chi connectivity index (χ2v) is 20.9. The molecule has 0 aromatic rings. The fourth-order valence-corrected chi connectivity index (χ4v) is 15.7. The van der Waals surface area contributed by atoms with E-state index in [0.717, 1.165) is 31.2 Å². The molecule has 2 unspecified atom stereocenters. The molecule has 8 aliphatic carbocycles. The first kappa shape index (κ1) is 44.8. The summed E-state index contributed by atoms with van der Waals surface area (Å²) in [5.41, 5.74) is -16.1. The van der Waals surface area contributed by atoms with Gasteiger partial charge in [0, 0.05) is 58.7 Å². The molecule has 8 aliphatic rings. The summed E-state index contributed by atoms with van der Waals surface area (Å²) < 4.78 is 81.0. The van der Waals surface area contributed by atoms with Crippen molar-refractivity contribution in [1.29, 1.82) is 0 Å². The number of aliphatic hydroxyl groups excluding tert-OH is 2. The fourth-order valence-electron chi connectivity index (χ4n) is 15.7. The second kappa shape index (κ2) is 13.9. The summed E-state index contributed by atoms with van der Waals surface area (Å²) in [5.74, 6) is -10.5. The number of carbonyl (C=O) groups is 6. The maximum atomic E-state index is 18.1. The van der Waals surface area contributed by atoms with E-state index in [1.54, 1.807) is 27.7 Å². The van der Waals surface area contributed by atoms with Crippen LogP contribution in [0.25, 0.3) is 0 Å². The molecule has 14 heteroatoms. The van der Waals surface area contributed by atoms with E-state index in [0.29, 0.717) is 0 Å². The van der Waals surface area contributed by atoms with Crippen molar-refractivity contribution in [3.8, 4) is 0 Å². The van der Waals surface area contributed by atoms with Crippen LogP contribution >= 0.6 is 0 Å². The van der Waals surface area contributed by atoms with E-state index in [-0.39, 0.29) is 30.4 Å². The third-order valence-corrected chi connectivity index (χ3v) is 18.4. The van der Waals surface area contributed by atoms with Gasteiger partial charge in [-0.1, -0.05) is 46.8 Å². The lowest BCUT2D eigenvalue weighted by atomic mass is 9.44. The lowest BCUT2D eigenvalue weighted by molar-refractivity contribution is -0.234. The number of esters is 2. The minimum absolute atomic E-state index is 0.0372. The highest BCUT2D eigenvalue weighted by molar-refractivity contribution is 6.09. The van der Waals surface area contributed by atoms with Crippen molar-refractivity contribution in [3.63, 3.8) is 0 Å². The summed E-state index contributed by atoms with van der Waals surface area (Å²) >= 11 is 0. The Bertz CT molecular complexity index is 2180. The van der Waals surface area contributed by atoms with Gasteiger partial charge in [-0.2, -0.15) is 0 Å². The van der Waals surface area contributed by atoms with Crippen molar-refractivity contribution in [2.24, 2.45) is 57.2 Å². The number of allylic oxidation sites excluding steroid dienone is 8. The molecule has 62 heavy (non-hydrogen) atoms. The molecule has 0 saturated heterocycles. The van der Waals surface area contributed by atoms with Crippen LogP contribution in [0.5, 0.6) is 0 Å². The molecular formula is C48H58F4O10. The van der Waals surface area contributed by atoms with Crippen LogP contribution in [0.15, 0.2) is 47.6 Å². The Kier molecular flexibility index (Phi) is 10.0. The number of halogens is 4. The average Bonchev–Trinajstić information content (AvgIpc) is 3.54. The van der Waals surface area contributed by atoms with Crippen LogP contribution in [0.1, 0.15) is 107 Å². The van der Waals surface area contributed by atoms with Gasteiger partial charge in [-0.3, -0.25) is 28.8 Å². The number of ether oxygens (including phenoxy) is 2. The summed E-state index contributed by atoms with van der Waals surface area (Å²) in [4.78, 5) is 82.3. The van der Waals surface area contributed by atoms with Gasteiger partial charge in [-0.25, -0.2) is 17.6 Å². The van der Waals surface area contributed by atoms with E-state index in [9.17, 15) is 29.4 Å². The second-order valence-electron chi connectivity index (χ2n) is 20.9. The number of alkyl halides is 4. The summed E-state index contributed by atoms with van der Waals surface area (Å²) in [6.07, 6.45) is -3.05. The standard InChI is InChI=1S/C48H58F4O10/c1-9-40(60)62-48(24(3)15-29-31-19-35(50)33-17-27(55)11-13-42(33,6)46(31,52)39(59)22-44(29,48)8)37(57)20-36(56)47(61-25(4)53)23(2)14-28-30-18-34(49)32-16-26(54)10-12-41(32,5)45(30,51)38(58)21-43(28,47)7/h10-13,16-17,23-24,28-31,34-35,38-39,58-59H,9,14-15,18-22H2,1-8H3/t23-,24+,28+,29-,30?,31?,34+,35-,38+,39-,41+,42-,43+,44-,45+,46-,47+,48-/m1/s1. The van der Waals surface area contributed by atoms with Crippen molar-refractivity contribution in [3.05, 3.63) is 47.6 Å². The number of fused-ring (bicyclic) bond motifs is 10. The lowest BCUT2D eigenvalue weighted by Crippen LogP contribution is -2.71. The van der Waals surface area contributed by atoms with E-state index in [2.05, 4.69) is 0 Å². The lowest BCUT2D eigenvalue weighted by Gasteiger charge is -2.63. The van der Waals surface area contributed by atoms with Gasteiger partial charge in [-0.05, 0) is 99.7 Å². The van der Waals surface area contributed by atoms with Crippen LogP contribution < -0.4 is 0 Å². The van der Waals surface area contributed by atoms with Crippen LogP contribution in [0, 0.1) is 57.2 Å². The maximum absolute atomic E-state index is 18.1. The van der Waals surface area contributed by atoms with Gasteiger partial charge in [0.1, 0.15) is 12.3 Å². The molecule has 18 atom stereocenters. The molecule has 6 fully saturated rings. The highest BCUT2D eigenvalue weighted by Crippen LogP contribution is 2.74. The average molecular weight is 871 g/mol. The zero-order valence-corrected chi connectivity index (χ0v) is 36.6. The predicted molar refractivity (Wildman–Crippen MR) is 215 cm³/mol. The van der Waals surface area contributed by atoms with Gasteiger partial charge >= 0.3 is 11.9 Å². The third kappa shape index (κ3) is 5.16. The topological polar surface area (TPSA) is 161 Å². The zero-order chi connectivity index (χ0) is 45.7. The molecule has 338 valence electrons. The molecule has 6 saturated carbocycles. The first-order valence-electron chi connectivity index (χ1n) is 22.1. The van der Waals surface area contributed by atoms with E-state index >= 15 is 27.2 Å². The number of rotatable bonds is 7. The van der Waals surface area contributed by atoms with Crippen LogP contribution in [-0.2, 0) is 38.2 Å². The van der Waals surface area contributed by atoms with Crippen molar-refractivity contribution >= 4 is 35.1 Å². The summed E-state index contributed by atoms with van der Waals surface area (Å²) in [7, 11) is 0. The number of carbonyl (C=O) groups excluding carboxylic acids is 6. The quantitative estimate of drug-likeness (QED) is 0.161. The smallest absolute Gasteiger partial charge is 0.306 e. The molecule has 8 rings (SSSR count). The third-order valence-electron chi connectivity index (χ3n) is 18.4. The zero-order valence-electron chi connectivity index (χ0n) is 36.6. The van der Waals surface area contributed by atoms with Crippen LogP contribution in [-0.4, -0.2) is 92.4 Å². The van der Waals surface area contributed by atoms with Crippen molar-refractivity contribution in [2.75, 3.05) is 0 Å². The van der Waals surface area contributed by atoms with Crippen LogP contribution in [0.3, 0.4) is 0 Å². The monoisotopic (exact) mass is 870 g/mol. The molecule has 0 amide bonds. The van der Waals surface area contributed by atoms with E-state index in [1.165, 1.54) is 32.9 Å². The van der Waals surface area contributed by atoms with Gasteiger partial charge in [0.05, 0.1) is 18.6 Å². The Morgan fingerprint density at radius 2 is 1.06 bits per heavy atom. The highest BCUT2D eigenvalue weighted by atomic mass is 19.2. The molecule has 2 N–H and O–H groups in total. The van der Waals surface area contributed by atoms with Gasteiger partial charge in [0.2, 0.25) is 0 Å². The molecule has 0 aliphatic heterocycles. The normalized spacial score (nSPS) is 51.1. The molecular weight excluding hydrogens is 813 g/mol. The van der Waals surface area contributed by atoms with Gasteiger partial charge in [-0.15, -0.1) is 0 Å². The molecule has 0 spiro atoms. The van der Waals surface area contributed by atoms with Crippen molar-refractivity contribution in [2.45, 2.75) is 154 Å². The molecule has 0 heterocycles. The van der Waals surface area contributed by atoms with Gasteiger partial charge < -0.3 is 19.7 Å². The number of Topliss-reactive ketones (excluding diaryl/α,β-unsaturated/α-hetero) is 2. The van der Waals surface area contributed by atoms with Crippen LogP contribution in [0.2, 0.25) is 0 Å². The first-order chi connectivity index (χ1) is 28.7. The molecule has 0 bridgehead atoms. The summed E-state index contributed by atoms with van der Waals surface area (Å²) in [6, 6.07) is 0. The Balaban J connectivity index is 1.20. The number of ketones is 4. The predicted octanol–water partition coefficient (Wildman–Crippen LogP) is 6.64. The highest BCUT2D eigenvalue weighted by Gasteiger charge is 2.81. The van der Waals surface area contributed by atoms with Crippen molar-refractivity contribution in [1.82, 2.24) is 0 Å². The first-order valence-corrected chi connectivity index (χ1v) is 22.1. The van der Waals surface area contributed by atoms with E-state index in [4.69, 9.17) is 9.47 Å². The van der Waals surface area contributed by atoms with E-state index in [1.807, 2.05) is 0 Å². The number of hydrogen-bond acceptors (Lipinski definition) is 10. The Hall–Kier alpha value is -3.78. The Morgan fingerprint density at radius 1 is 0.677 bits per heavy atom. The van der Waals surface area contributed by atoms with Gasteiger partial charge in [0.25, 0.3) is 0 Å². The molecule has 10 nitrogen and oxygen atoms in total. The Morgan fingerprint density at radius 3 is 1.44 bits per heavy atom. The minimum Gasteiger partial charge on any atom is -0.450 e. The van der Waals surface area contributed by atoms with Crippen LogP contribution in [0.4, 0.5) is 17.6 Å². The fraction of sp³-hybridized carbons (Fsp3) is 0.708.